The van der Waals surface area contributed by atoms with E-state index in [1.54, 1.807) is 51.5 Å². The number of nitrogens with one attached hydrogen (secondary N) is 2. The summed E-state index contributed by atoms with van der Waals surface area (Å²) in [6.45, 7) is 6.68. The lowest BCUT2D eigenvalue weighted by atomic mass is 10.1. The fraction of sp³-hybridized carbons (Fsp3) is 0.350. The standard InChI is InChI=1S/C20H24Cl2N5O3PS/c1-12(2)32(29,30)17-8-6-5-7-16(17)23-19-18(22)26-27-20(25-19)24-15-10-9-13(11-14(15)21)31(3,4)28/h5-10,12-13H,11H2,1-4H3,(H2,23,24,25,27). The number of rotatable bonds is 7. The van der Waals surface area contributed by atoms with Gasteiger partial charge in [0, 0.05) is 10.7 Å². The fourth-order valence-electron chi connectivity index (χ4n) is 2.96. The molecular formula is C20H24Cl2N5O3PS. The zero-order valence-electron chi connectivity index (χ0n) is 18.0. The monoisotopic (exact) mass is 515 g/mol. The van der Waals surface area contributed by atoms with Gasteiger partial charge in [-0.15, -0.1) is 10.2 Å². The Morgan fingerprint density at radius 2 is 1.81 bits per heavy atom. The lowest BCUT2D eigenvalue weighted by Crippen LogP contribution is -2.16. The van der Waals surface area contributed by atoms with Gasteiger partial charge in [-0.1, -0.05) is 41.4 Å². The van der Waals surface area contributed by atoms with Crippen molar-refractivity contribution in [2.75, 3.05) is 24.0 Å². The van der Waals surface area contributed by atoms with Crippen molar-refractivity contribution in [3.8, 4) is 0 Å². The number of aromatic nitrogens is 3. The van der Waals surface area contributed by atoms with Gasteiger partial charge in [0.2, 0.25) is 5.95 Å². The number of allylic oxidation sites excluding steroid dienone is 3. The summed E-state index contributed by atoms with van der Waals surface area (Å²) in [6.07, 6.45) is 4.04. The highest BCUT2D eigenvalue weighted by molar-refractivity contribution is 7.92. The van der Waals surface area contributed by atoms with Gasteiger partial charge in [0.15, 0.2) is 20.8 Å². The molecule has 0 spiro atoms. The van der Waals surface area contributed by atoms with Crippen LogP contribution in [0.25, 0.3) is 0 Å². The molecule has 8 nitrogen and oxygen atoms in total. The lowest BCUT2D eigenvalue weighted by Gasteiger charge is -2.22. The molecule has 2 N–H and O–H groups in total. The van der Waals surface area contributed by atoms with Gasteiger partial charge in [-0.25, -0.2) is 8.42 Å². The largest absolute Gasteiger partial charge is 0.336 e. The summed E-state index contributed by atoms with van der Waals surface area (Å²) in [4.78, 5) is 4.46. The average molecular weight is 516 g/mol. The third kappa shape index (κ3) is 5.52. The Morgan fingerprint density at radius 1 is 1.12 bits per heavy atom. The fourth-order valence-corrected chi connectivity index (χ4v) is 5.80. The van der Waals surface area contributed by atoms with E-state index in [9.17, 15) is 13.0 Å². The van der Waals surface area contributed by atoms with Crippen molar-refractivity contribution in [2.45, 2.75) is 36.1 Å². The van der Waals surface area contributed by atoms with Crippen LogP contribution in [-0.2, 0) is 14.4 Å². The molecule has 1 aromatic carbocycles. The van der Waals surface area contributed by atoms with E-state index in [1.807, 2.05) is 6.08 Å². The average Bonchev–Trinajstić information content (AvgIpc) is 2.71. The van der Waals surface area contributed by atoms with Gasteiger partial charge in [0.1, 0.15) is 0 Å². The van der Waals surface area contributed by atoms with Gasteiger partial charge in [-0.2, -0.15) is 4.98 Å². The maximum Gasteiger partial charge on any atom is 0.249 e. The predicted molar refractivity (Wildman–Crippen MR) is 130 cm³/mol. The zero-order chi connectivity index (χ0) is 23.7. The van der Waals surface area contributed by atoms with E-state index < -0.39 is 22.2 Å². The van der Waals surface area contributed by atoms with Gasteiger partial charge < -0.3 is 15.2 Å². The van der Waals surface area contributed by atoms with Gasteiger partial charge in [-0.3, -0.25) is 0 Å². The molecule has 0 saturated heterocycles. The zero-order valence-corrected chi connectivity index (χ0v) is 21.2. The van der Waals surface area contributed by atoms with Gasteiger partial charge in [0.25, 0.3) is 0 Å². The van der Waals surface area contributed by atoms with Crippen LogP contribution in [0.15, 0.2) is 52.0 Å². The van der Waals surface area contributed by atoms with Gasteiger partial charge >= 0.3 is 0 Å². The summed E-state index contributed by atoms with van der Waals surface area (Å²) in [5.74, 6) is 0.255. The molecule has 32 heavy (non-hydrogen) atoms. The second-order valence-electron chi connectivity index (χ2n) is 8.00. The maximum absolute atomic E-state index is 12.7. The minimum absolute atomic E-state index is 0.0236. The van der Waals surface area contributed by atoms with E-state index in [0.717, 1.165) is 0 Å². The highest BCUT2D eigenvalue weighted by atomic mass is 35.5. The van der Waals surface area contributed by atoms with Crippen LogP contribution < -0.4 is 10.6 Å². The normalized spacial score (nSPS) is 17.0. The van der Waals surface area contributed by atoms with E-state index in [0.29, 0.717) is 22.8 Å². The molecule has 1 heterocycles. The van der Waals surface area contributed by atoms with E-state index in [1.165, 1.54) is 6.07 Å². The third-order valence-electron chi connectivity index (χ3n) is 4.92. The van der Waals surface area contributed by atoms with Crippen LogP contribution >= 0.6 is 30.3 Å². The van der Waals surface area contributed by atoms with Crippen molar-refractivity contribution in [2.24, 2.45) is 0 Å². The lowest BCUT2D eigenvalue weighted by molar-refractivity contribution is 0.576. The van der Waals surface area contributed by atoms with Crippen LogP contribution in [0.4, 0.5) is 17.5 Å². The van der Waals surface area contributed by atoms with Crippen LogP contribution in [0, 0.1) is 0 Å². The SMILES string of the molecule is CC(C)S(=O)(=O)c1ccccc1Nc1nc(NC2=C(Cl)CC(P(C)(C)=O)C=C2)nnc1Cl. The van der Waals surface area contributed by atoms with E-state index in [4.69, 9.17) is 23.2 Å². The Kier molecular flexibility index (Phi) is 7.34. The van der Waals surface area contributed by atoms with Crippen molar-refractivity contribution in [1.82, 2.24) is 15.2 Å². The molecular weight excluding hydrogens is 492 g/mol. The summed E-state index contributed by atoms with van der Waals surface area (Å²) < 4.78 is 37.7. The number of halogens is 2. The summed E-state index contributed by atoms with van der Waals surface area (Å²) in [5.41, 5.74) is 0.768. The van der Waals surface area contributed by atoms with Crippen LogP contribution in [-0.4, -0.2) is 47.8 Å². The molecule has 1 aromatic heterocycles. The minimum Gasteiger partial charge on any atom is -0.336 e. The number of nitrogens with zero attached hydrogens (tertiary/aromatic N) is 3. The second kappa shape index (κ2) is 9.51. The van der Waals surface area contributed by atoms with Crippen molar-refractivity contribution < 1.29 is 13.0 Å². The Morgan fingerprint density at radius 3 is 2.44 bits per heavy atom. The molecule has 3 rings (SSSR count). The van der Waals surface area contributed by atoms with Crippen LogP contribution in [0.2, 0.25) is 5.15 Å². The molecule has 0 radical (unpaired) electrons. The Labute approximate surface area is 197 Å². The maximum atomic E-state index is 12.7. The van der Waals surface area contributed by atoms with Crippen LogP contribution in [0.5, 0.6) is 0 Å². The Balaban J connectivity index is 1.88. The van der Waals surface area contributed by atoms with Crippen LogP contribution in [0.3, 0.4) is 0 Å². The van der Waals surface area contributed by atoms with E-state index in [2.05, 4.69) is 25.8 Å². The molecule has 1 atom stereocenters. The molecule has 0 fully saturated rings. The first kappa shape index (κ1) is 24.7. The number of anilines is 3. The molecule has 0 bridgehead atoms. The number of hydrogen-bond donors (Lipinski definition) is 2. The first-order valence-electron chi connectivity index (χ1n) is 9.78. The summed E-state index contributed by atoms with van der Waals surface area (Å²) in [5, 5.41) is 13.6. The van der Waals surface area contributed by atoms with Gasteiger partial charge in [-0.05, 0) is 51.8 Å². The van der Waals surface area contributed by atoms with Crippen molar-refractivity contribution in [3.63, 3.8) is 0 Å². The number of hydrogen-bond acceptors (Lipinski definition) is 8. The number of para-hydroxylation sites is 1. The highest BCUT2D eigenvalue weighted by Crippen LogP contribution is 2.48. The predicted octanol–water partition coefficient (Wildman–Crippen LogP) is 5.26. The summed E-state index contributed by atoms with van der Waals surface area (Å²) in [6, 6.07) is 6.50. The smallest absolute Gasteiger partial charge is 0.249 e. The van der Waals surface area contributed by atoms with Gasteiger partial charge in [0.05, 0.1) is 28.7 Å². The molecule has 0 aliphatic heterocycles. The first-order valence-corrected chi connectivity index (χ1v) is 14.8. The molecule has 0 saturated carbocycles. The molecule has 1 unspecified atom stereocenters. The first-order chi connectivity index (χ1) is 14.9. The molecule has 12 heteroatoms. The second-order valence-corrected chi connectivity index (χ2v) is 14.8. The van der Waals surface area contributed by atoms with E-state index in [-0.39, 0.29) is 27.5 Å². The number of sulfone groups is 1. The molecule has 1 aliphatic carbocycles. The molecule has 0 amide bonds. The Hall–Kier alpha value is -1.93. The van der Waals surface area contributed by atoms with Crippen LogP contribution in [0.1, 0.15) is 20.3 Å². The summed E-state index contributed by atoms with van der Waals surface area (Å²) in [7, 11) is -5.86. The molecule has 2 aromatic rings. The highest BCUT2D eigenvalue weighted by Gasteiger charge is 2.26. The summed E-state index contributed by atoms with van der Waals surface area (Å²) >= 11 is 12.6. The quantitative estimate of drug-likeness (QED) is 0.479. The Bertz CT molecular complexity index is 1240. The number of benzene rings is 1. The van der Waals surface area contributed by atoms with Crippen molar-refractivity contribution >= 4 is 57.6 Å². The minimum atomic E-state index is -3.54. The molecule has 172 valence electrons. The van der Waals surface area contributed by atoms with Crippen molar-refractivity contribution in [1.29, 1.82) is 0 Å². The molecule has 1 aliphatic rings. The van der Waals surface area contributed by atoms with E-state index >= 15 is 0 Å². The van der Waals surface area contributed by atoms with Crippen molar-refractivity contribution in [3.05, 3.63) is 52.3 Å². The third-order valence-corrected chi connectivity index (χ3v) is 9.70. The topological polar surface area (TPSA) is 114 Å².